The van der Waals surface area contributed by atoms with Crippen LogP contribution < -0.4 is 21.7 Å². The maximum atomic E-state index is 13.6. The molecule has 0 aliphatic rings. The molecule has 0 fully saturated rings. The van der Waals surface area contributed by atoms with Gasteiger partial charge in [0.15, 0.2) is 5.69 Å². The highest BCUT2D eigenvalue weighted by molar-refractivity contribution is 7.09. The third-order valence-corrected chi connectivity index (χ3v) is 5.85. The summed E-state index contributed by atoms with van der Waals surface area (Å²) in [5.74, 6) is -1.63. The Balaban J connectivity index is 1.95. The highest BCUT2D eigenvalue weighted by atomic mass is 32.1. The molecule has 3 aromatic rings. The first-order chi connectivity index (χ1) is 15.3. The first kappa shape index (κ1) is 23.0. The van der Waals surface area contributed by atoms with Gasteiger partial charge in [0.1, 0.15) is 10.9 Å². The molecular weight excluding hydrogens is 426 g/mol. The molecule has 1 heterocycles. The van der Waals surface area contributed by atoms with Gasteiger partial charge in [-0.25, -0.2) is 0 Å². The third-order valence-electron chi connectivity index (χ3n) is 5.00. The fourth-order valence-corrected chi connectivity index (χ4v) is 4.01. The van der Waals surface area contributed by atoms with Crippen LogP contribution in [0.5, 0.6) is 0 Å². The van der Waals surface area contributed by atoms with Crippen LogP contribution in [0.2, 0.25) is 0 Å². The van der Waals surface area contributed by atoms with Gasteiger partial charge in [-0.05, 0) is 42.6 Å². The Morgan fingerprint density at radius 3 is 2.31 bits per heavy atom. The Hall–Kier alpha value is -3.72. The molecular formula is C23H25N5O3S. The number of nitrogen functional groups attached to an aromatic ring is 1. The van der Waals surface area contributed by atoms with E-state index in [0.29, 0.717) is 18.7 Å². The molecule has 0 bridgehead atoms. The maximum Gasteiger partial charge on any atom is 0.272 e. The van der Waals surface area contributed by atoms with Gasteiger partial charge in [0.25, 0.3) is 11.8 Å². The quantitative estimate of drug-likeness (QED) is 0.485. The Morgan fingerprint density at radius 1 is 1.09 bits per heavy atom. The first-order valence-electron chi connectivity index (χ1n) is 10.1. The number of carbonyl (C=O) groups excluding carboxylic acids is 3. The number of nitrogens with two attached hydrogens (primary N) is 2. The van der Waals surface area contributed by atoms with Crippen LogP contribution in [0.3, 0.4) is 0 Å². The normalized spacial score (nSPS) is 11.6. The van der Waals surface area contributed by atoms with Gasteiger partial charge >= 0.3 is 0 Å². The van der Waals surface area contributed by atoms with Crippen molar-refractivity contribution in [2.75, 3.05) is 10.6 Å². The minimum absolute atomic E-state index is 0.0636. The number of anilines is 2. The molecule has 0 aliphatic heterocycles. The van der Waals surface area contributed by atoms with Crippen LogP contribution in [0.25, 0.3) is 0 Å². The number of nitrogens with zero attached hydrogens (tertiary/aromatic N) is 2. The number of primary amides is 1. The molecule has 1 unspecified atom stereocenters. The fraction of sp³-hybridized carbons (Fsp3) is 0.217. The summed E-state index contributed by atoms with van der Waals surface area (Å²) >= 11 is 0.790. The lowest BCUT2D eigenvalue weighted by atomic mass is 10.1. The van der Waals surface area contributed by atoms with Crippen molar-refractivity contribution < 1.29 is 14.4 Å². The molecule has 5 N–H and O–H groups in total. The number of aromatic nitrogens is 1. The second-order valence-corrected chi connectivity index (χ2v) is 8.05. The van der Waals surface area contributed by atoms with Gasteiger partial charge in [0.2, 0.25) is 5.91 Å². The number of carbonyl (C=O) groups is 3. The molecule has 32 heavy (non-hydrogen) atoms. The number of aryl methyl sites for hydroxylation is 1. The summed E-state index contributed by atoms with van der Waals surface area (Å²) in [6.45, 7) is 4.09. The summed E-state index contributed by atoms with van der Waals surface area (Å²) in [7, 11) is 0. The van der Waals surface area contributed by atoms with E-state index in [-0.39, 0.29) is 22.2 Å². The molecule has 166 valence electrons. The molecule has 1 atom stereocenters. The molecule has 2 aromatic carbocycles. The second-order valence-electron chi connectivity index (χ2n) is 7.28. The Labute approximate surface area is 190 Å². The van der Waals surface area contributed by atoms with E-state index in [1.165, 1.54) is 4.90 Å². The summed E-state index contributed by atoms with van der Waals surface area (Å²) in [6.07, 6.45) is 0.363. The van der Waals surface area contributed by atoms with Crippen molar-refractivity contribution in [2.24, 2.45) is 5.73 Å². The first-order valence-corrected chi connectivity index (χ1v) is 10.9. The molecule has 3 rings (SSSR count). The monoisotopic (exact) mass is 451 g/mol. The van der Waals surface area contributed by atoms with Crippen LogP contribution in [-0.4, -0.2) is 28.1 Å². The standard InChI is InChI=1S/C23H25N5O3S/c1-3-17(22(30)26-13-15-7-5-4-6-8-15)28(16-11-9-14(2)10-12-16)23(31)20-18(24)19(21(25)29)27-32-20/h4-12,17H,3,13,24H2,1-2H3,(H2,25,29)(H,26,30). The Bertz CT molecular complexity index is 1110. The second kappa shape index (κ2) is 10.1. The lowest BCUT2D eigenvalue weighted by Crippen LogP contribution is -2.49. The molecule has 0 aliphatic carbocycles. The average Bonchev–Trinajstić information content (AvgIpc) is 3.18. The van der Waals surface area contributed by atoms with Gasteiger partial charge in [-0.2, -0.15) is 4.37 Å². The fourth-order valence-electron chi connectivity index (χ4n) is 3.27. The molecule has 1 aromatic heterocycles. The molecule has 9 heteroatoms. The Kier molecular flexibility index (Phi) is 7.21. The van der Waals surface area contributed by atoms with Gasteiger partial charge in [0.05, 0.1) is 5.69 Å². The number of nitrogens with one attached hydrogen (secondary N) is 1. The number of rotatable bonds is 8. The summed E-state index contributed by atoms with van der Waals surface area (Å²) in [6, 6.07) is 16.0. The van der Waals surface area contributed by atoms with Crippen LogP contribution >= 0.6 is 11.5 Å². The van der Waals surface area contributed by atoms with E-state index >= 15 is 0 Å². The highest BCUT2D eigenvalue weighted by Crippen LogP contribution is 2.28. The van der Waals surface area contributed by atoms with Crippen molar-refractivity contribution in [1.29, 1.82) is 0 Å². The predicted octanol–water partition coefficient (Wildman–Crippen LogP) is 2.87. The van der Waals surface area contributed by atoms with E-state index in [2.05, 4.69) is 9.69 Å². The van der Waals surface area contributed by atoms with Crippen LogP contribution in [0, 0.1) is 6.92 Å². The van der Waals surface area contributed by atoms with Crippen molar-refractivity contribution in [3.63, 3.8) is 0 Å². The molecule has 3 amide bonds. The van der Waals surface area contributed by atoms with Crippen molar-refractivity contribution >= 4 is 40.6 Å². The van der Waals surface area contributed by atoms with Gasteiger partial charge in [-0.3, -0.25) is 19.3 Å². The van der Waals surface area contributed by atoms with Crippen molar-refractivity contribution in [3.05, 3.63) is 76.3 Å². The number of benzene rings is 2. The summed E-state index contributed by atoms with van der Waals surface area (Å²) in [5.41, 5.74) is 13.6. The van der Waals surface area contributed by atoms with Crippen LogP contribution in [0.15, 0.2) is 54.6 Å². The average molecular weight is 452 g/mol. The van der Waals surface area contributed by atoms with E-state index in [0.717, 1.165) is 22.7 Å². The molecule has 0 radical (unpaired) electrons. The minimum Gasteiger partial charge on any atom is -0.395 e. The van der Waals surface area contributed by atoms with Crippen molar-refractivity contribution in [1.82, 2.24) is 9.69 Å². The van der Waals surface area contributed by atoms with Crippen LogP contribution in [-0.2, 0) is 11.3 Å². The van der Waals surface area contributed by atoms with E-state index in [4.69, 9.17) is 11.5 Å². The lowest BCUT2D eigenvalue weighted by Gasteiger charge is -2.30. The van der Waals surface area contributed by atoms with E-state index in [1.807, 2.05) is 56.3 Å². The number of hydrogen-bond acceptors (Lipinski definition) is 6. The third kappa shape index (κ3) is 4.94. The van der Waals surface area contributed by atoms with Gasteiger partial charge in [-0.1, -0.05) is 55.0 Å². The Morgan fingerprint density at radius 2 is 1.75 bits per heavy atom. The van der Waals surface area contributed by atoms with E-state index in [1.54, 1.807) is 12.1 Å². The van der Waals surface area contributed by atoms with Crippen LogP contribution in [0.1, 0.15) is 44.6 Å². The lowest BCUT2D eigenvalue weighted by molar-refractivity contribution is -0.122. The maximum absolute atomic E-state index is 13.6. The van der Waals surface area contributed by atoms with Gasteiger partial charge in [-0.15, -0.1) is 0 Å². The zero-order valence-corrected chi connectivity index (χ0v) is 18.7. The summed E-state index contributed by atoms with van der Waals surface area (Å²) in [5, 5.41) is 2.91. The summed E-state index contributed by atoms with van der Waals surface area (Å²) in [4.78, 5) is 39.7. The molecule has 0 saturated carbocycles. The van der Waals surface area contributed by atoms with E-state index in [9.17, 15) is 14.4 Å². The highest BCUT2D eigenvalue weighted by Gasteiger charge is 2.33. The minimum atomic E-state index is -0.813. The predicted molar refractivity (Wildman–Crippen MR) is 125 cm³/mol. The molecule has 0 saturated heterocycles. The zero-order valence-electron chi connectivity index (χ0n) is 17.9. The van der Waals surface area contributed by atoms with Crippen molar-refractivity contribution in [2.45, 2.75) is 32.9 Å². The topological polar surface area (TPSA) is 131 Å². The number of hydrogen-bond donors (Lipinski definition) is 3. The van der Waals surface area contributed by atoms with Crippen LogP contribution in [0.4, 0.5) is 11.4 Å². The van der Waals surface area contributed by atoms with Gasteiger partial charge in [0, 0.05) is 12.2 Å². The summed E-state index contributed by atoms with van der Waals surface area (Å²) < 4.78 is 3.93. The van der Waals surface area contributed by atoms with Gasteiger partial charge < -0.3 is 16.8 Å². The SMILES string of the molecule is CCC(C(=O)NCc1ccccc1)N(C(=O)c1snc(C(N)=O)c1N)c1ccc(C)cc1. The zero-order chi connectivity index (χ0) is 23.3. The molecule has 8 nitrogen and oxygen atoms in total. The largest absolute Gasteiger partial charge is 0.395 e. The smallest absolute Gasteiger partial charge is 0.272 e. The van der Waals surface area contributed by atoms with E-state index < -0.39 is 17.9 Å². The number of amides is 3. The molecule has 0 spiro atoms. The van der Waals surface area contributed by atoms with Crippen molar-refractivity contribution in [3.8, 4) is 0 Å².